The van der Waals surface area contributed by atoms with Gasteiger partial charge in [-0.2, -0.15) is 0 Å². The van der Waals surface area contributed by atoms with Crippen molar-refractivity contribution in [2.24, 2.45) is 10.9 Å². The molecule has 1 aliphatic heterocycles. The summed E-state index contributed by atoms with van der Waals surface area (Å²) in [5.74, 6) is 0.0158. The number of halogens is 3. The van der Waals surface area contributed by atoms with Crippen molar-refractivity contribution in [3.05, 3.63) is 35.9 Å². The van der Waals surface area contributed by atoms with Gasteiger partial charge >= 0.3 is 0 Å². The Morgan fingerprint density at radius 2 is 2.05 bits per heavy atom. The van der Waals surface area contributed by atoms with Crippen molar-refractivity contribution in [2.75, 3.05) is 0 Å². The molecule has 0 amide bonds. The minimum Gasteiger partial charge on any atom is -0.474 e. The first-order valence-electron chi connectivity index (χ1n) is 6.91. The Kier molecular flexibility index (Phi) is 4.43. The standard InChI is InChI=1S/C15H16Cl2INO2/c1-8(9-5-3-2-4-6-9)19-14-15(16,17)12-11(20)7-10(18)13(12)21-14/h2-6,8,10-13,20H,7H2,1H3/t8-,10+,11+,12+,13-/m1/s1. The average Bonchev–Trinajstić information content (AvgIpc) is 2.87. The number of benzene rings is 1. The Balaban J connectivity index is 1.88. The lowest BCUT2D eigenvalue weighted by molar-refractivity contribution is 0.107. The molecule has 21 heavy (non-hydrogen) atoms. The van der Waals surface area contributed by atoms with Gasteiger partial charge in [0.1, 0.15) is 6.10 Å². The van der Waals surface area contributed by atoms with Gasteiger partial charge in [0.2, 0.25) is 10.2 Å². The van der Waals surface area contributed by atoms with Gasteiger partial charge in [-0.1, -0.05) is 76.1 Å². The highest BCUT2D eigenvalue weighted by atomic mass is 127. The van der Waals surface area contributed by atoms with E-state index in [1.807, 2.05) is 37.3 Å². The molecular weight excluding hydrogens is 424 g/mol. The molecule has 0 bridgehead atoms. The van der Waals surface area contributed by atoms with Crippen molar-refractivity contribution < 1.29 is 9.84 Å². The van der Waals surface area contributed by atoms with Gasteiger partial charge in [-0.15, -0.1) is 0 Å². The number of fused-ring (bicyclic) bond motifs is 1. The minimum atomic E-state index is -1.26. The smallest absolute Gasteiger partial charge is 0.222 e. The zero-order valence-corrected chi connectivity index (χ0v) is 15.1. The fraction of sp³-hybridized carbons (Fsp3) is 0.533. The molecule has 0 spiro atoms. The predicted molar refractivity (Wildman–Crippen MR) is 93.5 cm³/mol. The number of alkyl halides is 3. The number of hydrogen-bond donors (Lipinski definition) is 1. The van der Waals surface area contributed by atoms with Gasteiger partial charge in [0.25, 0.3) is 0 Å². The maximum atomic E-state index is 10.2. The summed E-state index contributed by atoms with van der Waals surface area (Å²) < 4.78 is 4.83. The summed E-state index contributed by atoms with van der Waals surface area (Å²) in [5, 5.41) is 10.2. The monoisotopic (exact) mass is 439 g/mol. The van der Waals surface area contributed by atoms with E-state index in [4.69, 9.17) is 27.9 Å². The van der Waals surface area contributed by atoms with Gasteiger partial charge in [0.05, 0.1) is 22.0 Å². The third-order valence-corrected chi connectivity index (χ3v) is 6.18. The second-order valence-electron chi connectivity index (χ2n) is 5.57. The molecule has 2 aliphatic rings. The van der Waals surface area contributed by atoms with Crippen molar-refractivity contribution in [2.45, 2.75) is 39.9 Å². The lowest BCUT2D eigenvalue weighted by Gasteiger charge is -2.21. The van der Waals surface area contributed by atoms with Crippen LogP contribution in [0.15, 0.2) is 35.3 Å². The number of aliphatic hydroxyl groups excluding tert-OH is 1. The van der Waals surface area contributed by atoms with Crippen LogP contribution in [-0.4, -0.2) is 31.5 Å². The summed E-state index contributed by atoms with van der Waals surface area (Å²) in [4.78, 5) is 4.57. The molecule has 1 saturated carbocycles. The zero-order valence-electron chi connectivity index (χ0n) is 11.4. The highest BCUT2D eigenvalue weighted by Gasteiger charge is 2.62. The molecule has 6 heteroatoms. The first kappa shape index (κ1) is 15.8. The maximum Gasteiger partial charge on any atom is 0.222 e. The summed E-state index contributed by atoms with van der Waals surface area (Å²) in [6, 6.07) is 9.81. The molecule has 0 aromatic heterocycles. The number of aliphatic imine (C=N–C) groups is 1. The quantitative estimate of drug-likeness (QED) is 0.560. The summed E-state index contributed by atoms with van der Waals surface area (Å²) in [6.45, 7) is 1.97. The topological polar surface area (TPSA) is 41.8 Å². The zero-order chi connectivity index (χ0) is 15.2. The maximum absolute atomic E-state index is 10.2. The molecule has 3 nitrogen and oxygen atoms in total. The van der Waals surface area contributed by atoms with E-state index in [0.717, 1.165) is 5.56 Å². The Labute approximate surface area is 147 Å². The van der Waals surface area contributed by atoms with Crippen LogP contribution in [0.1, 0.15) is 24.9 Å². The van der Waals surface area contributed by atoms with Crippen LogP contribution in [0, 0.1) is 5.92 Å². The SMILES string of the molecule is C[C@@H](N=C1O[C@H]2[C@H]([C@@H](O)C[C@@H]2I)C1(Cl)Cl)c1ccccc1. The van der Waals surface area contributed by atoms with Crippen molar-refractivity contribution in [3.8, 4) is 0 Å². The van der Waals surface area contributed by atoms with E-state index in [9.17, 15) is 5.11 Å². The normalized spacial score (nSPS) is 37.3. The van der Waals surface area contributed by atoms with Crippen molar-refractivity contribution in [3.63, 3.8) is 0 Å². The average molecular weight is 440 g/mol. The fourth-order valence-electron chi connectivity index (χ4n) is 3.00. The van der Waals surface area contributed by atoms with Gasteiger partial charge in [-0.05, 0) is 18.9 Å². The molecule has 2 fully saturated rings. The predicted octanol–water partition coefficient (Wildman–Crippen LogP) is 3.90. The molecule has 0 unspecified atom stereocenters. The minimum absolute atomic E-state index is 0.0956. The molecular formula is C15H16Cl2INO2. The van der Waals surface area contributed by atoms with Gasteiger partial charge < -0.3 is 9.84 Å². The van der Waals surface area contributed by atoms with Crippen LogP contribution >= 0.6 is 45.8 Å². The third kappa shape index (κ3) is 2.80. The molecule has 1 aliphatic carbocycles. The van der Waals surface area contributed by atoms with Gasteiger partial charge in [-0.3, -0.25) is 0 Å². The molecule has 1 saturated heterocycles. The summed E-state index contributed by atoms with van der Waals surface area (Å²) in [5.41, 5.74) is 1.07. The molecule has 1 aromatic rings. The van der Waals surface area contributed by atoms with Gasteiger partial charge in [0.15, 0.2) is 0 Å². The van der Waals surface area contributed by atoms with Crippen LogP contribution < -0.4 is 0 Å². The van der Waals surface area contributed by atoms with Crippen LogP contribution in [0.4, 0.5) is 0 Å². The van der Waals surface area contributed by atoms with E-state index in [1.165, 1.54) is 0 Å². The largest absolute Gasteiger partial charge is 0.474 e. The van der Waals surface area contributed by atoms with E-state index >= 15 is 0 Å². The molecule has 1 aromatic carbocycles. The second kappa shape index (κ2) is 5.87. The Hall–Kier alpha value is -0.0400. The fourth-order valence-corrected chi connectivity index (χ4v) is 4.84. The molecule has 1 heterocycles. The second-order valence-corrected chi connectivity index (χ2v) is 8.56. The van der Waals surface area contributed by atoms with Crippen molar-refractivity contribution in [1.82, 2.24) is 0 Å². The highest BCUT2D eigenvalue weighted by Crippen LogP contribution is 2.52. The molecule has 3 rings (SSSR count). The number of aliphatic hydroxyl groups is 1. The van der Waals surface area contributed by atoms with E-state index in [2.05, 4.69) is 27.6 Å². The van der Waals surface area contributed by atoms with Crippen LogP contribution in [0.5, 0.6) is 0 Å². The Morgan fingerprint density at radius 3 is 2.67 bits per heavy atom. The molecule has 1 N–H and O–H groups in total. The van der Waals surface area contributed by atoms with Gasteiger partial charge in [-0.25, -0.2) is 4.99 Å². The molecule has 114 valence electrons. The van der Waals surface area contributed by atoms with E-state index in [0.29, 0.717) is 12.3 Å². The van der Waals surface area contributed by atoms with Crippen molar-refractivity contribution >= 4 is 51.7 Å². The lowest BCUT2D eigenvalue weighted by atomic mass is 10.0. The molecule has 0 radical (unpaired) electrons. The van der Waals surface area contributed by atoms with Crippen molar-refractivity contribution in [1.29, 1.82) is 0 Å². The Morgan fingerprint density at radius 1 is 1.38 bits per heavy atom. The Bertz CT molecular complexity index is 552. The molecule has 5 atom stereocenters. The first-order chi connectivity index (χ1) is 9.91. The highest BCUT2D eigenvalue weighted by molar-refractivity contribution is 14.1. The van der Waals surface area contributed by atoms with Crippen LogP contribution in [-0.2, 0) is 4.74 Å². The van der Waals surface area contributed by atoms with Gasteiger partial charge in [0, 0.05) is 0 Å². The third-order valence-electron chi connectivity index (χ3n) is 4.14. The van der Waals surface area contributed by atoms with Crippen LogP contribution in [0.3, 0.4) is 0 Å². The number of rotatable bonds is 2. The van der Waals surface area contributed by atoms with Crippen LogP contribution in [0.2, 0.25) is 0 Å². The summed E-state index contributed by atoms with van der Waals surface area (Å²) in [6.07, 6.45) is -0.0672. The number of nitrogens with zero attached hydrogens (tertiary/aromatic N) is 1. The lowest BCUT2D eigenvalue weighted by Crippen LogP contribution is -2.35. The first-order valence-corrected chi connectivity index (χ1v) is 8.91. The number of ether oxygens (including phenoxy) is 1. The van der Waals surface area contributed by atoms with E-state index < -0.39 is 10.4 Å². The summed E-state index contributed by atoms with van der Waals surface area (Å²) >= 11 is 15.2. The van der Waals surface area contributed by atoms with Crippen LogP contribution in [0.25, 0.3) is 0 Å². The van der Waals surface area contributed by atoms with E-state index in [-0.39, 0.29) is 22.0 Å². The summed E-state index contributed by atoms with van der Waals surface area (Å²) in [7, 11) is 0. The number of hydrogen-bond acceptors (Lipinski definition) is 3. The van der Waals surface area contributed by atoms with E-state index in [1.54, 1.807) is 0 Å².